The predicted octanol–water partition coefficient (Wildman–Crippen LogP) is 2.05. The molecule has 2 N–H and O–H groups in total. The van der Waals surface area contributed by atoms with E-state index in [1.165, 1.54) is 17.3 Å². The predicted molar refractivity (Wildman–Crippen MR) is 52.6 cm³/mol. The van der Waals surface area contributed by atoms with E-state index in [0.717, 1.165) is 0 Å². The fourth-order valence-corrected chi connectivity index (χ4v) is 1.16. The minimum atomic E-state index is -4.14. The second-order valence-corrected chi connectivity index (χ2v) is 3.22. The summed E-state index contributed by atoms with van der Waals surface area (Å²) >= 11 is 0. The molecule has 0 saturated carbocycles. The van der Waals surface area contributed by atoms with Gasteiger partial charge in [0.15, 0.2) is 0 Å². The summed E-state index contributed by atoms with van der Waals surface area (Å²) in [5, 5.41) is 0. The Bertz CT molecular complexity index is 325. The van der Waals surface area contributed by atoms with Crippen molar-refractivity contribution in [1.29, 1.82) is 0 Å². The lowest BCUT2D eigenvalue weighted by molar-refractivity contribution is -0.132. The van der Waals surface area contributed by atoms with E-state index in [-0.39, 0.29) is 6.54 Å². The molecule has 15 heavy (non-hydrogen) atoms. The summed E-state index contributed by atoms with van der Waals surface area (Å²) in [6.07, 6.45) is -2.09. The fourth-order valence-electron chi connectivity index (χ4n) is 1.16. The monoisotopic (exact) mass is 219 g/mol. The van der Waals surface area contributed by atoms with Crippen LogP contribution in [0.3, 0.4) is 0 Å². The Kier molecular flexibility index (Phi) is 3.39. The van der Waals surface area contributed by atoms with Crippen molar-refractivity contribution in [3.05, 3.63) is 18.5 Å². The van der Waals surface area contributed by atoms with Crippen LogP contribution < -0.4 is 10.6 Å². The highest BCUT2D eigenvalue weighted by Crippen LogP contribution is 2.24. The third kappa shape index (κ3) is 3.65. The zero-order valence-electron chi connectivity index (χ0n) is 8.25. The van der Waals surface area contributed by atoms with Crippen molar-refractivity contribution in [2.24, 2.45) is 0 Å². The molecule has 1 heterocycles. The average Bonchev–Trinajstić information content (AvgIpc) is 2.14. The van der Waals surface area contributed by atoms with Gasteiger partial charge < -0.3 is 10.6 Å². The zero-order valence-corrected chi connectivity index (χ0v) is 8.25. The maximum Gasteiger partial charge on any atom is 0.390 e. The van der Waals surface area contributed by atoms with Gasteiger partial charge in [-0.05, 0) is 6.07 Å². The van der Waals surface area contributed by atoms with Gasteiger partial charge in [0.1, 0.15) is 0 Å². The Balaban J connectivity index is 2.62. The molecule has 0 fully saturated rings. The number of anilines is 2. The van der Waals surface area contributed by atoms with Crippen LogP contribution in [0.2, 0.25) is 0 Å². The van der Waals surface area contributed by atoms with Crippen molar-refractivity contribution < 1.29 is 13.2 Å². The summed E-state index contributed by atoms with van der Waals surface area (Å²) in [6.45, 7) is -0.113. The number of hydrogen-bond donors (Lipinski definition) is 1. The van der Waals surface area contributed by atoms with Gasteiger partial charge in [-0.15, -0.1) is 0 Å². The molecule has 1 aromatic heterocycles. The van der Waals surface area contributed by atoms with Crippen LogP contribution in [0, 0.1) is 0 Å². The Hall–Kier alpha value is -1.46. The van der Waals surface area contributed by atoms with Gasteiger partial charge in [-0.1, -0.05) is 0 Å². The van der Waals surface area contributed by atoms with E-state index >= 15 is 0 Å². The summed E-state index contributed by atoms with van der Waals surface area (Å²) < 4.78 is 35.9. The largest absolute Gasteiger partial charge is 0.396 e. The highest BCUT2D eigenvalue weighted by molar-refractivity contribution is 5.65. The number of nitrogens with two attached hydrogens (primary N) is 1. The van der Waals surface area contributed by atoms with Gasteiger partial charge in [0.25, 0.3) is 0 Å². The van der Waals surface area contributed by atoms with E-state index in [1.54, 1.807) is 13.1 Å². The van der Waals surface area contributed by atoms with E-state index < -0.39 is 12.6 Å². The summed E-state index contributed by atoms with van der Waals surface area (Å²) in [4.78, 5) is 5.23. The molecule has 0 aromatic carbocycles. The van der Waals surface area contributed by atoms with Crippen LogP contribution in [-0.2, 0) is 0 Å². The number of pyridine rings is 1. The third-order valence-corrected chi connectivity index (χ3v) is 1.97. The first-order chi connectivity index (χ1) is 6.90. The first-order valence-electron chi connectivity index (χ1n) is 4.37. The first kappa shape index (κ1) is 11.6. The lowest BCUT2D eigenvalue weighted by Gasteiger charge is -2.21. The van der Waals surface area contributed by atoms with Gasteiger partial charge >= 0.3 is 6.18 Å². The van der Waals surface area contributed by atoms with Crippen LogP contribution in [-0.4, -0.2) is 24.8 Å². The van der Waals surface area contributed by atoms with Crippen LogP contribution in [0.25, 0.3) is 0 Å². The smallest absolute Gasteiger partial charge is 0.390 e. The van der Waals surface area contributed by atoms with E-state index in [9.17, 15) is 13.2 Å². The molecule has 6 heteroatoms. The molecule has 0 saturated heterocycles. The highest BCUT2D eigenvalue weighted by Gasteiger charge is 2.27. The van der Waals surface area contributed by atoms with Crippen molar-refractivity contribution in [2.75, 3.05) is 24.2 Å². The molecule has 84 valence electrons. The molecule has 0 radical (unpaired) electrons. The Morgan fingerprint density at radius 2 is 2.13 bits per heavy atom. The molecule has 0 bridgehead atoms. The minimum Gasteiger partial charge on any atom is -0.396 e. The molecular weight excluding hydrogens is 207 g/mol. The topological polar surface area (TPSA) is 42.2 Å². The van der Waals surface area contributed by atoms with E-state index in [0.29, 0.717) is 11.4 Å². The Morgan fingerprint density at radius 1 is 1.47 bits per heavy atom. The van der Waals surface area contributed by atoms with Crippen molar-refractivity contribution in [3.8, 4) is 0 Å². The van der Waals surface area contributed by atoms with Crippen LogP contribution in [0.15, 0.2) is 18.5 Å². The van der Waals surface area contributed by atoms with Crippen molar-refractivity contribution in [1.82, 2.24) is 4.98 Å². The second kappa shape index (κ2) is 4.37. The van der Waals surface area contributed by atoms with E-state index in [2.05, 4.69) is 4.98 Å². The van der Waals surface area contributed by atoms with Crippen LogP contribution in [0.4, 0.5) is 24.5 Å². The minimum absolute atomic E-state index is 0.113. The van der Waals surface area contributed by atoms with Gasteiger partial charge in [0.2, 0.25) is 0 Å². The number of rotatable bonds is 3. The maximum absolute atomic E-state index is 12.0. The maximum atomic E-state index is 12.0. The SMILES string of the molecule is CN(CCC(F)(F)F)c1ccncc1N. The molecule has 0 aliphatic rings. The fraction of sp³-hybridized carbons (Fsp3) is 0.444. The molecule has 1 rings (SSSR count). The van der Waals surface area contributed by atoms with Gasteiger partial charge in [0.05, 0.1) is 24.0 Å². The van der Waals surface area contributed by atoms with Crippen molar-refractivity contribution >= 4 is 11.4 Å². The highest BCUT2D eigenvalue weighted by atomic mass is 19.4. The van der Waals surface area contributed by atoms with Crippen molar-refractivity contribution in [3.63, 3.8) is 0 Å². The lowest BCUT2D eigenvalue weighted by atomic mass is 10.3. The molecule has 3 nitrogen and oxygen atoms in total. The Labute approximate surface area is 85.7 Å². The quantitative estimate of drug-likeness (QED) is 0.846. The number of nitrogen functional groups attached to an aromatic ring is 1. The molecule has 0 amide bonds. The van der Waals surface area contributed by atoms with E-state index in [4.69, 9.17) is 5.73 Å². The molecule has 0 spiro atoms. The third-order valence-electron chi connectivity index (χ3n) is 1.97. The normalized spacial score (nSPS) is 11.5. The molecule has 0 atom stereocenters. The van der Waals surface area contributed by atoms with Gasteiger partial charge in [-0.3, -0.25) is 4.98 Å². The molecule has 0 aliphatic carbocycles. The summed E-state index contributed by atoms with van der Waals surface area (Å²) in [7, 11) is 1.57. The molecule has 0 aliphatic heterocycles. The molecular formula is C9H12F3N3. The Morgan fingerprint density at radius 3 is 2.67 bits per heavy atom. The number of halogens is 3. The van der Waals surface area contributed by atoms with Crippen LogP contribution >= 0.6 is 0 Å². The number of hydrogen-bond acceptors (Lipinski definition) is 3. The number of nitrogens with zero attached hydrogens (tertiary/aromatic N) is 2. The van der Waals surface area contributed by atoms with Gasteiger partial charge in [-0.25, -0.2) is 0 Å². The first-order valence-corrected chi connectivity index (χ1v) is 4.37. The number of aromatic nitrogens is 1. The average molecular weight is 219 g/mol. The van der Waals surface area contributed by atoms with Gasteiger partial charge in [0, 0.05) is 19.8 Å². The van der Waals surface area contributed by atoms with Crippen molar-refractivity contribution in [2.45, 2.75) is 12.6 Å². The van der Waals surface area contributed by atoms with E-state index in [1.807, 2.05) is 0 Å². The second-order valence-electron chi connectivity index (χ2n) is 3.22. The summed E-state index contributed by atoms with van der Waals surface area (Å²) in [6, 6.07) is 1.59. The number of alkyl halides is 3. The van der Waals surface area contributed by atoms with Crippen LogP contribution in [0.1, 0.15) is 6.42 Å². The lowest BCUT2D eigenvalue weighted by Crippen LogP contribution is -2.24. The molecule has 1 aromatic rings. The zero-order chi connectivity index (χ0) is 11.5. The standard InChI is InChI=1S/C9H12F3N3/c1-15(5-3-9(10,11)12)8-2-4-14-6-7(8)13/h2,4,6H,3,5,13H2,1H3. The summed E-state index contributed by atoms with van der Waals surface area (Å²) in [5.74, 6) is 0. The van der Waals surface area contributed by atoms with Gasteiger partial charge in [-0.2, -0.15) is 13.2 Å². The molecule has 0 unspecified atom stereocenters. The summed E-state index contributed by atoms with van der Waals surface area (Å²) in [5.41, 5.74) is 6.52. The van der Waals surface area contributed by atoms with Crippen LogP contribution in [0.5, 0.6) is 0 Å².